The number of hydrogen-bond donors (Lipinski definition) is 2. The number of anilines is 1. The molecule has 0 aliphatic rings. The van der Waals surface area contributed by atoms with E-state index in [9.17, 15) is 22.4 Å². The fourth-order valence-electron chi connectivity index (χ4n) is 1.80. The molecule has 2 N–H and O–H groups in total. The van der Waals surface area contributed by atoms with Gasteiger partial charge in [0.2, 0.25) is 0 Å². The third-order valence-electron chi connectivity index (χ3n) is 3.00. The lowest BCUT2D eigenvalue weighted by atomic mass is 10.2. The van der Waals surface area contributed by atoms with E-state index >= 15 is 0 Å². The number of halogens is 6. The van der Waals surface area contributed by atoms with Gasteiger partial charge in [-0.25, -0.2) is 9.18 Å². The maximum atomic E-state index is 12.9. The molecule has 0 aromatic heterocycles. The van der Waals surface area contributed by atoms with Crippen LogP contribution in [0.15, 0.2) is 36.4 Å². The smallest absolute Gasteiger partial charge is 0.334 e. The number of urea groups is 1. The van der Waals surface area contributed by atoms with Gasteiger partial charge in [-0.15, -0.1) is 0 Å². The lowest BCUT2D eigenvalue weighted by molar-refractivity contribution is -0.137. The topological polar surface area (TPSA) is 41.1 Å². The van der Waals surface area contributed by atoms with E-state index in [1.165, 1.54) is 12.1 Å². The van der Waals surface area contributed by atoms with Crippen molar-refractivity contribution in [1.29, 1.82) is 0 Å². The van der Waals surface area contributed by atoms with E-state index in [4.69, 9.17) is 23.2 Å². The molecule has 0 radical (unpaired) electrons. The molecule has 24 heavy (non-hydrogen) atoms. The average molecular weight is 381 g/mol. The number of hydrogen-bond acceptors (Lipinski definition) is 1. The molecule has 0 saturated carbocycles. The van der Waals surface area contributed by atoms with E-state index in [0.29, 0.717) is 5.56 Å². The Balaban J connectivity index is 2.04. The minimum Gasteiger partial charge on any atom is -0.334 e. The molecule has 0 fully saturated rings. The van der Waals surface area contributed by atoms with E-state index < -0.39 is 23.6 Å². The number of amides is 2. The first-order valence-corrected chi connectivity index (χ1v) is 7.28. The summed E-state index contributed by atoms with van der Waals surface area (Å²) in [5.74, 6) is -0.524. The summed E-state index contributed by atoms with van der Waals surface area (Å²) in [6, 6.07) is 5.43. The highest BCUT2D eigenvalue weighted by Crippen LogP contribution is 2.33. The second-order valence-corrected chi connectivity index (χ2v) is 5.55. The monoisotopic (exact) mass is 380 g/mol. The van der Waals surface area contributed by atoms with Crippen LogP contribution in [0.4, 0.5) is 28.0 Å². The van der Waals surface area contributed by atoms with Crippen LogP contribution in [0.5, 0.6) is 0 Å². The van der Waals surface area contributed by atoms with Gasteiger partial charge in [-0.1, -0.05) is 29.3 Å². The Kier molecular flexibility index (Phi) is 5.56. The van der Waals surface area contributed by atoms with Crippen molar-refractivity contribution < 1.29 is 22.4 Å². The first kappa shape index (κ1) is 18.4. The molecule has 3 nitrogen and oxygen atoms in total. The van der Waals surface area contributed by atoms with Crippen molar-refractivity contribution in [3.05, 3.63) is 63.4 Å². The van der Waals surface area contributed by atoms with Gasteiger partial charge in [0.25, 0.3) is 0 Å². The molecule has 2 amide bonds. The van der Waals surface area contributed by atoms with Gasteiger partial charge in [-0.3, -0.25) is 0 Å². The van der Waals surface area contributed by atoms with Crippen molar-refractivity contribution in [2.24, 2.45) is 0 Å². The van der Waals surface area contributed by atoms with Crippen molar-refractivity contribution in [3.63, 3.8) is 0 Å². The molecule has 9 heteroatoms. The predicted octanol–water partition coefficient (Wildman–Crippen LogP) is 5.47. The third kappa shape index (κ3) is 4.75. The number of carbonyl (C=O) groups excluding carboxylic acids is 1. The summed E-state index contributed by atoms with van der Waals surface area (Å²) in [6.45, 7) is -0.0402. The zero-order valence-corrected chi connectivity index (χ0v) is 13.4. The standard InChI is InChI=1S/C15H10Cl2F4N2O/c16-11-4-2-9(15(19,20)21)5-13(11)23-14(24)22-7-8-1-3-10(18)6-12(8)17/h1-6H,7H2,(H2,22,23,24). The van der Waals surface area contributed by atoms with Gasteiger partial charge in [0.1, 0.15) is 5.82 Å². The van der Waals surface area contributed by atoms with Gasteiger partial charge in [-0.2, -0.15) is 13.2 Å². The Labute approximate surface area is 144 Å². The lowest BCUT2D eigenvalue weighted by Gasteiger charge is -2.12. The van der Waals surface area contributed by atoms with E-state index in [0.717, 1.165) is 24.3 Å². The SMILES string of the molecule is O=C(NCc1ccc(F)cc1Cl)Nc1cc(C(F)(F)F)ccc1Cl. The molecule has 0 aliphatic carbocycles. The minimum atomic E-state index is -4.56. The van der Waals surface area contributed by atoms with Crippen LogP contribution in [0.25, 0.3) is 0 Å². The van der Waals surface area contributed by atoms with Crippen LogP contribution in [0.1, 0.15) is 11.1 Å². The molecule has 0 unspecified atom stereocenters. The Morgan fingerprint density at radius 3 is 2.38 bits per heavy atom. The largest absolute Gasteiger partial charge is 0.416 e. The number of rotatable bonds is 3. The Morgan fingerprint density at radius 2 is 1.75 bits per heavy atom. The maximum absolute atomic E-state index is 12.9. The van der Waals surface area contributed by atoms with E-state index in [1.54, 1.807) is 0 Å². The molecule has 128 valence electrons. The second-order valence-electron chi connectivity index (χ2n) is 4.74. The Morgan fingerprint density at radius 1 is 1.04 bits per heavy atom. The predicted molar refractivity (Wildman–Crippen MR) is 83.7 cm³/mol. The van der Waals surface area contributed by atoms with Crippen molar-refractivity contribution in [3.8, 4) is 0 Å². The van der Waals surface area contributed by atoms with Crippen LogP contribution in [0, 0.1) is 5.82 Å². The molecule has 2 aromatic rings. The molecule has 2 aromatic carbocycles. The zero-order chi connectivity index (χ0) is 17.9. The number of benzene rings is 2. The number of carbonyl (C=O) groups is 1. The lowest BCUT2D eigenvalue weighted by Crippen LogP contribution is -2.28. The highest BCUT2D eigenvalue weighted by Gasteiger charge is 2.31. The van der Waals surface area contributed by atoms with Crippen LogP contribution >= 0.6 is 23.2 Å². The van der Waals surface area contributed by atoms with Crippen molar-refractivity contribution in [2.45, 2.75) is 12.7 Å². The summed E-state index contributed by atoms with van der Waals surface area (Å²) < 4.78 is 50.9. The van der Waals surface area contributed by atoms with Crippen LogP contribution < -0.4 is 10.6 Å². The molecule has 0 spiro atoms. The third-order valence-corrected chi connectivity index (χ3v) is 3.68. The first-order valence-electron chi connectivity index (χ1n) is 6.52. The van der Waals surface area contributed by atoms with Gasteiger partial charge in [-0.05, 0) is 35.9 Å². The molecular weight excluding hydrogens is 371 g/mol. The fraction of sp³-hybridized carbons (Fsp3) is 0.133. The molecule has 0 heterocycles. The molecule has 0 saturated heterocycles. The highest BCUT2D eigenvalue weighted by atomic mass is 35.5. The summed E-state index contributed by atoms with van der Waals surface area (Å²) in [4.78, 5) is 11.8. The molecule has 0 bridgehead atoms. The maximum Gasteiger partial charge on any atom is 0.416 e. The summed E-state index contributed by atoms with van der Waals surface area (Å²) in [5, 5.41) is 4.70. The quantitative estimate of drug-likeness (QED) is 0.680. The fourth-order valence-corrected chi connectivity index (χ4v) is 2.20. The van der Waals surface area contributed by atoms with Crippen molar-refractivity contribution in [2.75, 3.05) is 5.32 Å². The normalized spacial score (nSPS) is 11.2. The second kappa shape index (κ2) is 7.27. The van der Waals surface area contributed by atoms with E-state index in [-0.39, 0.29) is 22.3 Å². The molecule has 0 atom stereocenters. The van der Waals surface area contributed by atoms with E-state index in [1.807, 2.05) is 0 Å². The average Bonchev–Trinajstić information content (AvgIpc) is 2.47. The Bertz CT molecular complexity index is 766. The van der Waals surface area contributed by atoms with Crippen LogP contribution in [0.3, 0.4) is 0 Å². The molecule has 0 aliphatic heterocycles. The summed E-state index contributed by atoms with van der Waals surface area (Å²) in [6.07, 6.45) is -4.56. The zero-order valence-electron chi connectivity index (χ0n) is 11.8. The highest BCUT2D eigenvalue weighted by molar-refractivity contribution is 6.33. The van der Waals surface area contributed by atoms with Gasteiger partial charge < -0.3 is 10.6 Å². The Hall–Kier alpha value is -1.99. The molecule has 2 rings (SSSR count). The number of alkyl halides is 3. The summed E-state index contributed by atoms with van der Waals surface area (Å²) >= 11 is 11.6. The van der Waals surface area contributed by atoms with Crippen LogP contribution in [0.2, 0.25) is 10.0 Å². The van der Waals surface area contributed by atoms with Gasteiger partial charge >= 0.3 is 12.2 Å². The van der Waals surface area contributed by atoms with Crippen molar-refractivity contribution >= 4 is 34.9 Å². The van der Waals surface area contributed by atoms with Gasteiger partial charge in [0, 0.05) is 11.6 Å². The van der Waals surface area contributed by atoms with E-state index in [2.05, 4.69) is 10.6 Å². The van der Waals surface area contributed by atoms with Crippen LogP contribution in [-0.4, -0.2) is 6.03 Å². The van der Waals surface area contributed by atoms with Gasteiger partial charge in [0.15, 0.2) is 0 Å². The van der Waals surface area contributed by atoms with Crippen LogP contribution in [-0.2, 0) is 12.7 Å². The van der Waals surface area contributed by atoms with Gasteiger partial charge in [0.05, 0.1) is 16.3 Å². The first-order chi connectivity index (χ1) is 11.2. The summed E-state index contributed by atoms with van der Waals surface area (Å²) in [5.41, 5.74) is -0.679. The number of nitrogens with one attached hydrogen (secondary N) is 2. The minimum absolute atomic E-state index is 0.0402. The molecular formula is C15H10Cl2F4N2O. The summed E-state index contributed by atoms with van der Waals surface area (Å²) in [7, 11) is 0. The van der Waals surface area contributed by atoms with Crippen molar-refractivity contribution in [1.82, 2.24) is 5.32 Å².